The van der Waals surface area contributed by atoms with Gasteiger partial charge in [-0.3, -0.25) is 9.59 Å². The number of nitrogens with zero attached hydrogens (tertiary/aromatic N) is 1. The number of rotatable bonds is 3. The number of aryl methyl sites for hydroxylation is 2. The van der Waals surface area contributed by atoms with Crippen molar-refractivity contribution < 1.29 is 9.59 Å². The van der Waals surface area contributed by atoms with Gasteiger partial charge in [-0.1, -0.05) is 22.9 Å². The first-order valence-corrected chi connectivity index (χ1v) is 7.39. The highest BCUT2D eigenvalue weighted by Gasteiger charge is 2.34. The van der Waals surface area contributed by atoms with Crippen molar-refractivity contribution in [2.24, 2.45) is 5.92 Å². The molecule has 0 unspecified atom stereocenters. The normalized spacial score (nSPS) is 19.1. The van der Waals surface area contributed by atoms with Crippen molar-refractivity contribution in [3.63, 3.8) is 0 Å². The molecular formula is C14H15BrClNO2. The lowest BCUT2D eigenvalue weighted by Crippen LogP contribution is -2.25. The molecule has 0 saturated carbocycles. The van der Waals surface area contributed by atoms with Crippen molar-refractivity contribution in [2.45, 2.75) is 26.7 Å². The van der Waals surface area contributed by atoms with Gasteiger partial charge in [-0.2, -0.15) is 0 Å². The van der Waals surface area contributed by atoms with Gasteiger partial charge in [0, 0.05) is 23.1 Å². The SMILES string of the molecule is CCc1cc(N2C[C@@H](C(=O)Cl)CC2=O)cc(C)c1Br. The maximum absolute atomic E-state index is 12.0. The predicted octanol–water partition coefficient (Wildman–Crippen LogP) is 3.44. The zero-order chi connectivity index (χ0) is 14.2. The zero-order valence-corrected chi connectivity index (χ0v) is 13.2. The fourth-order valence-electron chi connectivity index (χ4n) is 2.34. The molecule has 1 aromatic carbocycles. The van der Waals surface area contributed by atoms with Crippen molar-refractivity contribution in [3.05, 3.63) is 27.7 Å². The van der Waals surface area contributed by atoms with Gasteiger partial charge in [-0.05, 0) is 48.2 Å². The Morgan fingerprint density at radius 2 is 2.21 bits per heavy atom. The quantitative estimate of drug-likeness (QED) is 0.788. The van der Waals surface area contributed by atoms with Crippen LogP contribution in [0.1, 0.15) is 24.5 Å². The van der Waals surface area contributed by atoms with Gasteiger partial charge in [0.25, 0.3) is 0 Å². The topological polar surface area (TPSA) is 37.4 Å². The van der Waals surface area contributed by atoms with Gasteiger partial charge >= 0.3 is 0 Å². The number of benzene rings is 1. The molecule has 1 aliphatic rings. The summed E-state index contributed by atoms with van der Waals surface area (Å²) in [5, 5.41) is -0.430. The van der Waals surface area contributed by atoms with Gasteiger partial charge in [-0.15, -0.1) is 0 Å². The van der Waals surface area contributed by atoms with Crippen molar-refractivity contribution in [3.8, 4) is 0 Å². The van der Waals surface area contributed by atoms with Gasteiger partial charge in [0.15, 0.2) is 0 Å². The summed E-state index contributed by atoms with van der Waals surface area (Å²) in [5.74, 6) is -0.425. The highest BCUT2D eigenvalue weighted by molar-refractivity contribution is 9.10. The van der Waals surface area contributed by atoms with Gasteiger partial charge < -0.3 is 4.90 Å². The summed E-state index contributed by atoms with van der Waals surface area (Å²) in [4.78, 5) is 24.8. The summed E-state index contributed by atoms with van der Waals surface area (Å²) in [6.07, 6.45) is 1.09. The van der Waals surface area contributed by atoms with Crippen LogP contribution < -0.4 is 4.90 Å². The Kier molecular flexibility index (Phi) is 4.31. The third-order valence-corrected chi connectivity index (χ3v) is 4.90. The largest absolute Gasteiger partial charge is 0.312 e. The summed E-state index contributed by atoms with van der Waals surface area (Å²) >= 11 is 9.05. The Labute approximate surface area is 126 Å². The van der Waals surface area contributed by atoms with Gasteiger partial charge in [0.05, 0.1) is 5.92 Å². The van der Waals surface area contributed by atoms with E-state index < -0.39 is 5.24 Å². The van der Waals surface area contributed by atoms with Gasteiger partial charge in [-0.25, -0.2) is 0 Å². The molecule has 0 spiro atoms. The summed E-state index contributed by atoms with van der Waals surface area (Å²) in [7, 11) is 0. The average Bonchev–Trinajstić information content (AvgIpc) is 2.75. The zero-order valence-electron chi connectivity index (χ0n) is 10.9. The molecule has 1 aromatic rings. The van der Waals surface area contributed by atoms with Crippen molar-refractivity contribution >= 4 is 44.4 Å². The number of hydrogen-bond acceptors (Lipinski definition) is 2. The minimum Gasteiger partial charge on any atom is -0.312 e. The number of halogens is 2. The number of amides is 1. The van der Waals surface area contributed by atoms with Crippen molar-refractivity contribution in [1.82, 2.24) is 0 Å². The van der Waals surface area contributed by atoms with Gasteiger partial charge in [0.2, 0.25) is 11.1 Å². The Bertz CT molecular complexity index is 544. The monoisotopic (exact) mass is 343 g/mol. The molecule has 1 aliphatic heterocycles. The molecular weight excluding hydrogens is 330 g/mol. The van der Waals surface area contributed by atoms with E-state index in [4.69, 9.17) is 11.6 Å². The first kappa shape index (κ1) is 14.5. The van der Waals surface area contributed by atoms with Crippen molar-refractivity contribution in [2.75, 3.05) is 11.4 Å². The highest BCUT2D eigenvalue weighted by Crippen LogP contribution is 2.32. The Balaban J connectivity index is 2.35. The second-order valence-electron chi connectivity index (χ2n) is 4.80. The summed E-state index contributed by atoms with van der Waals surface area (Å²) in [6.45, 7) is 4.45. The van der Waals surface area contributed by atoms with E-state index in [1.165, 1.54) is 0 Å². The fourth-order valence-corrected chi connectivity index (χ4v) is 3.00. The number of carbonyl (C=O) groups excluding carboxylic acids is 2. The molecule has 0 aliphatic carbocycles. The van der Waals surface area contributed by atoms with E-state index in [0.29, 0.717) is 6.54 Å². The average molecular weight is 345 g/mol. The van der Waals surface area contributed by atoms with Gasteiger partial charge in [0.1, 0.15) is 0 Å². The van der Waals surface area contributed by atoms with Crippen LogP contribution in [0.3, 0.4) is 0 Å². The summed E-state index contributed by atoms with van der Waals surface area (Å²) in [5.41, 5.74) is 3.09. The van der Waals surface area contributed by atoms with Crippen molar-refractivity contribution in [1.29, 1.82) is 0 Å². The molecule has 0 radical (unpaired) electrons. The predicted molar refractivity (Wildman–Crippen MR) is 79.6 cm³/mol. The molecule has 5 heteroatoms. The van der Waals surface area contributed by atoms with Crippen LogP contribution in [0.2, 0.25) is 0 Å². The molecule has 1 heterocycles. The smallest absolute Gasteiger partial charge is 0.227 e. The standard InChI is InChI=1S/C14H15BrClNO2/c1-3-9-5-11(4-8(2)13(9)15)17-7-10(14(16)19)6-12(17)18/h4-5,10H,3,6-7H2,1-2H3/t10-/m0/s1. The maximum Gasteiger partial charge on any atom is 0.227 e. The lowest BCUT2D eigenvalue weighted by molar-refractivity contribution is -0.120. The lowest BCUT2D eigenvalue weighted by atomic mass is 10.1. The molecule has 1 saturated heterocycles. The molecule has 3 nitrogen and oxygen atoms in total. The first-order valence-electron chi connectivity index (χ1n) is 6.22. The molecule has 1 amide bonds. The van der Waals surface area contributed by atoms with E-state index in [2.05, 4.69) is 22.9 Å². The van der Waals surface area contributed by atoms with E-state index in [1.807, 2.05) is 19.1 Å². The molecule has 1 fully saturated rings. The molecule has 0 aromatic heterocycles. The number of hydrogen-bond donors (Lipinski definition) is 0. The Morgan fingerprint density at radius 3 is 2.74 bits per heavy atom. The van der Waals surface area contributed by atoms with E-state index in [-0.39, 0.29) is 18.2 Å². The summed E-state index contributed by atoms with van der Waals surface area (Å²) < 4.78 is 1.08. The van der Waals surface area contributed by atoms with Crippen LogP contribution in [0.4, 0.5) is 5.69 Å². The van der Waals surface area contributed by atoms with Crippen LogP contribution >= 0.6 is 27.5 Å². The second-order valence-corrected chi connectivity index (χ2v) is 5.96. The molecule has 0 N–H and O–H groups in total. The number of carbonyl (C=O) groups is 2. The molecule has 0 bridgehead atoms. The molecule has 19 heavy (non-hydrogen) atoms. The number of anilines is 1. The molecule has 2 rings (SSSR count). The van der Waals surface area contributed by atoms with Crippen LogP contribution in [-0.2, 0) is 16.0 Å². The highest BCUT2D eigenvalue weighted by atomic mass is 79.9. The minimum absolute atomic E-state index is 0.0391. The van der Waals surface area contributed by atoms with Crippen LogP contribution in [-0.4, -0.2) is 17.7 Å². The van der Waals surface area contributed by atoms with E-state index in [0.717, 1.165) is 27.7 Å². The second kappa shape index (κ2) is 5.63. The van der Waals surface area contributed by atoms with Crippen LogP contribution in [0.15, 0.2) is 16.6 Å². The fraction of sp³-hybridized carbons (Fsp3) is 0.429. The maximum atomic E-state index is 12.0. The minimum atomic E-state index is -0.430. The Morgan fingerprint density at radius 1 is 1.53 bits per heavy atom. The molecule has 102 valence electrons. The van der Waals surface area contributed by atoms with E-state index in [9.17, 15) is 9.59 Å². The third kappa shape index (κ3) is 2.84. The van der Waals surface area contributed by atoms with E-state index >= 15 is 0 Å². The lowest BCUT2D eigenvalue weighted by Gasteiger charge is -2.19. The first-order chi connectivity index (χ1) is 8.93. The van der Waals surface area contributed by atoms with Crippen LogP contribution in [0, 0.1) is 12.8 Å². The third-order valence-electron chi connectivity index (χ3n) is 3.45. The van der Waals surface area contributed by atoms with E-state index in [1.54, 1.807) is 4.90 Å². The van der Waals surface area contributed by atoms with Crippen LogP contribution in [0.25, 0.3) is 0 Å². The van der Waals surface area contributed by atoms with Crippen LogP contribution in [0.5, 0.6) is 0 Å². The molecule has 1 atom stereocenters. The Hall–Kier alpha value is -0.870. The summed E-state index contributed by atoms with van der Waals surface area (Å²) in [6, 6.07) is 3.96.